The minimum absolute atomic E-state index is 0.154. The molecule has 1 aromatic rings. The normalized spacial score (nSPS) is 19.0. The van der Waals surface area contributed by atoms with Crippen LogP contribution in [0.25, 0.3) is 0 Å². The van der Waals surface area contributed by atoms with Crippen LogP contribution in [0.1, 0.15) is 89.2 Å². The van der Waals surface area contributed by atoms with Gasteiger partial charge in [0.1, 0.15) is 0 Å². The second kappa shape index (κ2) is 11.2. The molecule has 0 aliphatic carbocycles. The van der Waals surface area contributed by atoms with Crippen LogP contribution in [0, 0.1) is 0 Å². The summed E-state index contributed by atoms with van der Waals surface area (Å²) < 4.78 is 0. The summed E-state index contributed by atoms with van der Waals surface area (Å²) in [6, 6.07) is 4.16. The van der Waals surface area contributed by atoms with Gasteiger partial charge >= 0.3 is 0 Å². The summed E-state index contributed by atoms with van der Waals surface area (Å²) >= 11 is 0. The highest BCUT2D eigenvalue weighted by Crippen LogP contribution is 2.31. The van der Waals surface area contributed by atoms with Crippen LogP contribution in [-0.4, -0.2) is 33.5 Å². The number of likely N-dealkylation sites (tertiary alicyclic amines) is 1. The average Bonchev–Trinajstić information content (AvgIpc) is 2.66. The predicted molar refractivity (Wildman–Crippen MR) is 101 cm³/mol. The topological polar surface area (TPSA) is 53.4 Å². The molecule has 4 nitrogen and oxygen atoms in total. The summed E-state index contributed by atoms with van der Waals surface area (Å²) in [6.45, 7) is 3.03. The summed E-state index contributed by atoms with van der Waals surface area (Å²) in [5.41, 5.74) is 1.13. The number of hydrogen-bond acceptors (Lipinski definition) is 3. The van der Waals surface area contributed by atoms with E-state index in [4.69, 9.17) is 0 Å². The first-order valence-corrected chi connectivity index (χ1v) is 10.1. The zero-order valence-corrected chi connectivity index (χ0v) is 15.7. The molecule has 1 amide bonds. The Labute approximate surface area is 152 Å². The number of piperidine rings is 1. The number of hydrogen-bond donors (Lipinski definition) is 1. The minimum Gasteiger partial charge on any atom is -0.393 e. The third-order valence-electron chi connectivity index (χ3n) is 5.22. The molecule has 0 spiro atoms. The molecule has 0 saturated carbocycles. The van der Waals surface area contributed by atoms with Crippen LogP contribution in [0.15, 0.2) is 24.5 Å². The van der Waals surface area contributed by atoms with E-state index in [0.29, 0.717) is 12.8 Å². The second-order valence-corrected chi connectivity index (χ2v) is 7.28. The SMILES string of the molecule is CCCCCCC[C@H](O)CCC(=O)N1CCCC[C@@H]1c1cccnc1. The molecule has 4 heteroatoms. The summed E-state index contributed by atoms with van der Waals surface area (Å²) in [4.78, 5) is 18.9. The molecule has 0 bridgehead atoms. The number of carbonyl (C=O) groups excluding carboxylic acids is 1. The summed E-state index contributed by atoms with van der Waals surface area (Å²) in [5.74, 6) is 0.179. The van der Waals surface area contributed by atoms with Gasteiger partial charge in [-0.3, -0.25) is 9.78 Å². The fourth-order valence-corrected chi connectivity index (χ4v) is 3.71. The van der Waals surface area contributed by atoms with Gasteiger partial charge in [-0.25, -0.2) is 0 Å². The molecule has 140 valence electrons. The van der Waals surface area contributed by atoms with Crippen LogP contribution < -0.4 is 0 Å². The molecule has 0 aromatic carbocycles. The van der Waals surface area contributed by atoms with Crippen LogP contribution in [0.2, 0.25) is 0 Å². The Hall–Kier alpha value is -1.42. The molecule has 0 radical (unpaired) electrons. The van der Waals surface area contributed by atoms with Crippen molar-refractivity contribution in [2.24, 2.45) is 0 Å². The fraction of sp³-hybridized carbons (Fsp3) is 0.714. The van der Waals surface area contributed by atoms with Gasteiger partial charge in [-0.15, -0.1) is 0 Å². The largest absolute Gasteiger partial charge is 0.393 e. The molecule has 0 unspecified atom stereocenters. The molecule has 2 rings (SSSR count). The average molecular weight is 347 g/mol. The molecule has 1 N–H and O–H groups in total. The van der Waals surface area contributed by atoms with E-state index in [9.17, 15) is 9.90 Å². The predicted octanol–water partition coefficient (Wildman–Crippen LogP) is 4.64. The number of carbonyl (C=O) groups is 1. The van der Waals surface area contributed by atoms with Gasteiger partial charge in [0.2, 0.25) is 5.91 Å². The van der Waals surface area contributed by atoms with Gasteiger partial charge < -0.3 is 10.0 Å². The van der Waals surface area contributed by atoms with Crippen LogP contribution in [0.3, 0.4) is 0 Å². The molecule has 25 heavy (non-hydrogen) atoms. The Kier molecular flexibility index (Phi) is 8.95. The van der Waals surface area contributed by atoms with Crippen LogP contribution in [0.4, 0.5) is 0 Å². The number of nitrogens with zero attached hydrogens (tertiary/aromatic N) is 2. The molecular formula is C21H34N2O2. The standard InChI is InChI=1S/C21H34N2O2/c1-2-3-4-5-6-11-19(24)13-14-21(25)23-16-8-7-12-20(23)18-10-9-15-22-17-18/h9-10,15,17,19-20,24H,2-8,11-14,16H2,1H3/t19-,20+/m0/s1. The number of pyridine rings is 1. The maximum atomic E-state index is 12.7. The van der Waals surface area contributed by atoms with Crippen molar-refractivity contribution in [3.05, 3.63) is 30.1 Å². The Bertz CT molecular complexity index is 492. The minimum atomic E-state index is -0.341. The lowest BCUT2D eigenvalue weighted by atomic mass is 9.95. The monoisotopic (exact) mass is 346 g/mol. The van der Waals surface area contributed by atoms with Crippen LogP contribution >= 0.6 is 0 Å². The van der Waals surface area contributed by atoms with E-state index in [-0.39, 0.29) is 18.1 Å². The Morgan fingerprint density at radius 3 is 2.88 bits per heavy atom. The molecular weight excluding hydrogens is 312 g/mol. The van der Waals surface area contributed by atoms with Gasteiger partial charge in [0.25, 0.3) is 0 Å². The summed E-state index contributed by atoms with van der Waals surface area (Å²) in [7, 11) is 0. The van der Waals surface area contributed by atoms with Gasteiger partial charge in [-0.1, -0.05) is 45.1 Å². The fourth-order valence-electron chi connectivity index (χ4n) is 3.71. The van der Waals surface area contributed by atoms with Crippen molar-refractivity contribution in [2.75, 3.05) is 6.54 Å². The molecule has 2 heterocycles. The smallest absolute Gasteiger partial charge is 0.223 e. The van der Waals surface area contributed by atoms with Gasteiger partial charge in [0, 0.05) is 25.4 Å². The van der Waals surface area contributed by atoms with E-state index in [0.717, 1.165) is 44.2 Å². The third-order valence-corrected chi connectivity index (χ3v) is 5.22. The van der Waals surface area contributed by atoms with Crippen molar-refractivity contribution < 1.29 is 9.90 Å². The molecule has 1 aliphatic heterocycles. The van der Waals surface area contributed by atoms with Crippen molar-refractivity contribution in [3.8, 4) is 0 Å². The number of aliphatic hydroxyl groups is 1. The number of rotatable bonds is 10. The van der Waals surface area contributed by atoms with Crippen molar-refractivity contribution in [1.82, 2.24) is 9.88 Å². The maximum absolute atomic E-state index is 12.7. The lowest BCUT2D eigenvalue weighted by molar-refractivity contribution is -0.135. The van der Waals surface area contributed by atoms with Gasteiger partial charge in [0.15, 0.2) is 0 Å². The highest BCUT2D eigenvalue weighted by atomic mass is 16.3. The maximum Gasteiger partial charge on any atom is 0.223 e. The van der Waals surface area contributed by atoms with E-state index in [1.54, 1.807) is 6.20 Å². The van der Waals surface area contributed by atoms with E-state index >= 15 is 0 Å². The van der Waals surface area contributed by atoms with Crippen LogP contribution in [0.5, 0.6) is 0 Å². The number of unbranched alkanes of at least 4 members (excludes halogenated alkanes) is 4. The Morgan fingerprint density at radius 1 is 1.28 bits per heavy atom. The molecule has 1 saturated heterocycles. The Balaban J connectivity index is 1.76. The first-order valence-electron chi connectivity index (χ1n) is 10.1. The Morgan fingerprint density at radius 2 is 2.12 bits per heavy atom. The van der Waals surface area contributed by atoms with Crippen molar-refractivity contribution in [1.29, 1.82) is 0 Å². The van der Waals surface area contributed by atoms with Gasteiger partial charge in [-0.05, 0) is 43.7 Å². The molecule has 1 aromatic heterocycles. The van der Waals surface area contributed by atoms with Crippen molar-refractivity contribution in [2.45, 2.75) is 89.7 Å². The highest BCUT2D eigenvalue weighted by molar-refractivity contribution is 5.76. The van der Waals surface area contributed by atoms with E-state index < -0.39 is 0 Å². The van der Waals surface area contributed by atoms with E-state index in [2.05, 4.69) is 18.0 Å². The quantitative estimate of drug-likeness (QED) is 0.628. The van der Waals surface area contributed by atoms with Crippen molar-refractivity contribution in [3.63, 3.8) is 0 Å². The molecule has 2 atom stereocenters. The zero-order chi connectivity index (χ0) is 17.9. The molecule has 1 aliphatic rings. The first kappa shape index (κ1) is 19.9. The first-order chi connectivity index (χ1) is 12.2. The van der Waals surface area contributed by atoms with Crippen LogP contribution in [-0.2, 0) is 4.79 Å². The summed E-state index contributed by atoms with van der Waals surface area (Å²) in [5, 5.41) is 10.2. The lowest BCUT2D eigenvalue weighted by Gasteiger charge is -2.36. The number of amides is 1. The van der Waals surface area contributed by atoms with Crippen molar-refractivity contribution >= 4 is 5.91 Å². The number of aliphatic hydroxyl groups excluding tert-OH is 1. The van der Waals surface area contributed by atoms with E-state index in [1.165, 1.54) is 25.7 Å². The zero-order valence-electron chi connectivity index (χ0n) is 15.7. The summed E-state index contributed by atoms with van der Waals surface area (Å²) in [6.07, 6.45) is 14.4. The van der Waals surface area contributed by atoms with Gasteiger partial charge in [-0.2, -0.15) is 0 Å². The third kappa shape index (κ3) is 6.77. The lowest BCUT2D eigenvalue weighted by Crippen LogP contribution is -2.38. The second-order valence-electron chi connectivity index (χ2n) is 7.28. The number of aromatic nitrogens is 1. The van der Waals surface area contributed by atoms with E-state index in [1.807, 2.05) is 17.2 Å². The highest BCUT2D eigenvalue weighted by Gasteiger charge is 2.28. The van der Waals surface area contributed by atoms with Gasteiger partial charge in [0.05, 0.1) is 12.1 Å². The molecule has 1 fully saturated rings.